The van der Waals surface area contributed by atoms with Crippen molar-refractivity contribution >= 4 is 12.0 Å². The van der Waals surface area contributed by atoms with Gasteiger partial charge in [-0.25, -0.2) is 0 Å². The van der Waals surface area contributed by atoms with Crippen LogP contribution in [-0.4, -0.2) is 11.7 Å². The van der Waals surface area contributed by atoms with Gasteiger partial charge in [0.05, 0.1) is 12.0 Å². The Morgan fingerprint density at radius 2 is 2.18 bits per heavy atom. The van der Waals surface area contributed by atoms with Gasteiger partial charge in [-0.05, 0) is 13.0 Å². The molecule has 66 valence electrons. The van der Waals surface area contributed by atoms with Crippen LogP contribution in [0.5, 0.6) is 0 Å². The lowest BCUT2D eigenvalue weighted by Crippen LogP contribution is -2.39. The lowest BCUT2D eigenvalue weighted by Gasteiger charge is -2.04. The number of rotatable bonds is 6. The maximum absolute atomic E-state index is 5.59. The summed E-state index contributed by atoms with van der Waals surface area (Å²) >= 11 is 1.30. The molecule has 3 nitrogen and oxygen atoms in total. The Labute approximate surface area is 72.3 Å². The third-order valence-corrected chi connectivity index (χ3v) is 2.33. The van der Waals surface area contributed by atoms with E-state index in [2.05, 4.69) is 12.2 Å². The van der Waals surface area contributed by atoms with E-state index in [0.29, 0.717) is 0 Å². The fourth-order valence-electron chi connectivity index (χ4n) is 0.918. The molecular weight excluding hydrogens is 160 g/mol. The van der Waals surface area contributed by atoms with Crippen molar-refractivity contribution in [2.24, 2.45) is 5.73 Å². The first-order valence-electron chi connectivity index (χ1n) is 4.17. The van der Waals surface area contributed by atoms with E-state index in [0.717, 1.165) is 6.54 Å². The minimum absolute atomic E-state index is 0.536. The molecule has 4 heteroatoms. The first kappa shape index (κ1) is 9.32. The highest BCUT2D eigenvalue weighted by molar-refractivity contribution is 8.01. The largest absolute Gasteiger partial charge is 0.279 e. The molecule has 0 saturated carbocycles. The molecule has 1 aliphatic rings. The van der Waals surface area contributed by atoms with Crippen molar-refractivity contribution in [3.8, 4) is 0 Å². The molecule has 1 aliphatic heterocycles. The highest BCUT2D eigenvalue weighted by Gasteiger charge is 2.42. The molecule has 0 spiro atoms. The smallest absolute Gasteiger partial charge is 0.260 e. The van der Waals surface area contributed by atoms with E-state index in [9.17, 15) is 0 Å². The first-order chi connectivity index (χ1) is 5.27. The SMILES string of the molecule is CCCCCCNC1(N)OS1. The number of hydrogen-bond acceptors (Lipinski definition) is 4. The van der Waals surface area contributed by atoms with Crippen molar-refractivity contribution in [1.29, 1.82) is 0 Å². The van der Waals surface area contributed by atoms with Gasteiger partial charge in [0, 0.05) is 0 Å². The highest BCUT2D eigenvalue weighted by atomic mass is 32.2. The van der Waals surface area contributed by atoms with Gasteiger partial charge in [-0.3, -0.25) is 15.2 Å². The van der Waals surface area contributed by atoms with Gasteiger partial charge in [0.25, 0.3) is 5.18 Å². The van der Waals surface area contributed by atoms with Crippen LogP contribution >= 0.6 is 12.0 Å². The van der Waals surface area contributed by atoms with Gasteiger partial charge in [-0.1, -0.05) is 26.2 Å². The molecule has 3 N–H and O–H groups in total. The summed E-state index contributed by atoms with van der Waals surface area (Å²) in [6.45, 7) is 3.17. The molecule has 1 atom stereocenters. The summed E-state index contributed by atoms with van der Waals surface area (Å²) in [6, 6.07) is 0. The molecule has 0 amide bonds. The average Bonchev–Trinajstić information content (AvgIpc) is 2.69. The Balaban J connectivity index is 1.81. The predicted octanol–water partition coefficient (Wildman–Crippen LogP) is 1.40. The summed E-state index contributed by atoms with van der Waals surface area (Å²) in [7, 11) is 0. The summed E-state index contributed by atoms with van der Waals surface area (Å²) in [5, 5.41) is 2.57. The standard InChI is InChI=1S/C7H16N2OS/c1-2-3-4-5-6-9-7(8)10-11-7/h9H,2-6,8H2,1H3. The molecule has 0 bridgehead atoms. The van der Waals surface area contributed by atoms with Gasteiger partial charge in [0.2, 0.25) is 0 Å². The maximum atomic E-state index is 5.59. The van der Waals surface area contributed by atoms with Gasteiger partial charge in [-0.15, -0.1) is 0 Å². The number of nitrogens with two attached hydrogens (primary N) is 1. The van der Waals surface area contributed by atoms with E-state index in [1.54, 1.807) is 0 Å². The molecule has 0 aliphatic carbocycles. The quantitative estimate of drug-likeness (QED) is 0.278. The van der Waals surface area contributed by atoms with Crippen LogP contribution in [-0.2, 0) is 4.18 Å². The van der Waals surface area contributed by atoms with Crippen molar-refractivity contribution in [3.05, 3.63) is 0 Å². The minimum atomic E-state index is -0.536. The first-order valence-corrected chi connectivity index (χ1v) is 4.92. The third-order valence-electron chi connectivity index (χ3n) is 1.66. The van der Waals surface area contributed by atoms with E-state index in [4.69, 9.17) is 9.92 Å². The van der Waals surface area contributed by atoms with Crippen LogP contribution in [0.3, 0.4) is 0 Å². The summed E-state index contributed by atoms with van der Waals surface area (Å²) in [5.41, 5.74) is 5.59. The zero-order valence-corrected chi connectivity index (χ0v) is 7.75. The van der Waals surface area contributed by atoms with Gasteiger partial charge in [0.15, 0.2) is 0 Å². The van der Waals surface area contributed by atoms with Crippen LogP contribution in [0.4, 0.5) is 0 Å². The zero-order valence-electron chi connectivity index (χ0n) is 6.93. The molecule has 1 rings (SSSR count). The molecule has 1 unspecified atom stereocenters. The molecule has 11 heavy (non-hydrogen) atoms. The second kappa shape index (κ2) is 4.30. The Morgan fingerprint density at radius 1 is 1.45 bits per heavy atom. The number of hydrogen-bond donors (Lipinski definition) is 2. The topological polar surface area (TPSA) is 50.6 Å². The summed E-state index contributed by atoms with van der Waals surface area (Å²) < 4.78 is 4.89. The van der Waals surface area contributed by atoms with Crippen LogP contribution in [0.15, 0.2) is 0 Å². The molecule has 1 fully saturated rings. The molecule has 0 aromatic rings. The summed E-state index contributed by atoms with van der Waals surface area (Å²) in [5.74, 6) is 0. The monoisotopic (exact) mass is 176 g/mol. The van der Waals surface area contributed by atoms with Crippen molar-refractivity contribution < 1.29 is 4.18 Å². The lowest BCUT2D eigenvalue weighted by atomic mass is 10.2. The Morgan fingerprint density at radius 3 is 2.73 bits per heavy atom. The molecule has 0 aromatic carbocycles. The molecule has 0 aromatic heterocycles. The number of nitrogens with one attached hydrogen (secondary N) is 1. The van der Waals surface area contributed by atoms with Crippen LogP contribution < -0.4 is 11.1 Å². The van der Waals surface area contributed by atoms with Gasteiger partial charge >= 0.3 is 0 Å². The fourth-order valence-corrected chi connectivity index (χ4v) is 1.23. The second-order valence-corrected chi connectivity index (χ2v) is 3.76. The van der Waals surface area contributed by atoms with Gasteiger partial charge in [0.1, 0.15) is 0 Å². The highest BCUT2D eigenvalue weighted by Crippen LogP contribution is 2.38. The van der Waals surface area contributed by atoms with E-state index in [-0.39, 0.29) is 0 Å². The van der Waals surface area contributed by atoms with Gasteiger partial charge in [-0.2, -0.15) is 0 Å². The Bertz CT molecular complexity index is 117. The minimum Gasteiger partial charge on any atom is -0.279 e. The Hall–Kier alpha value is 0.230. The van der Waals surface area contributed by atoms with Crippen molar-refractivity contribution in [3.63, 3.8) is 0 Å². The van der Waals surface area contributed by atoms with E-state index < -0.39 is 5.18 Å². The number of unbranched alkanes of at least 4 members (excludes halogenated alkanes) is 3. The second-order valence-electron chi connectivity index (χ2n) is 2.82. The van der Waals surface area contributed by atoms with Crippen molar-refractivity contribution in [2.45, 2.75) is 37.8 Å². The fraction of sp³-hybridized carbons (Fsp3) is 1.00. The van der Waals surface area contributed by atoms with Crippen LogP contribution in [0, 0.1) is 0 Å². The van der Waals surface area contributed by atoms with Gasteiger partial charge < -0.3 is 0 Å². The van der Waals surface area contributed by atoms with Crippen LogP contribution in [0.25, 0.3) is 0 Å². The molecule has 0 radical (unpaired) electrons. The molecule has 1 saturated heterocycles. The van der Waals surface area contributed by atoms with E-state index in [1.807, 2.05) is 0 Å². The molecular formula is C7H16N2OS. The maximum Gasteiger partial charge on any atom is 0.260 e. The van der Waals surface area contributed by atoms with E-state index >= 15 is 0 Å². The predicted molar refractivity (Wildman–Crippen MR) is 47.7 cm³/mol. The van der Waals surface area contributed by atoms with Crippen LogP contribution in [0.1, 0.15) is 32.6 Å². The Kier molecular flexibility index (Phi) is 3.65. The zero-order chi connectivity index (χ0) is 8.16. The lowest BCUT2D eigenvalue weighted by molar-refractivity contribution is 0.269. The summed E-state index contributed by atoms with van der Waals surface area (Å²) in [6.07, 6.45) is 5.06. The van der Waals surface area contributed by atoms with Crippen molar-refractivity contribution in [2.75, 3.05) is 6.54 Å². The summed E-state index contributed by atoms with van der Waals surface area (Å²) in [4.78, 5) is 0. The normalized spacial score (nSPS) is 28.9. The van der Waals surface area contributed by atoms with E-state index in [1.165, 1.54) is 37.7 Å². The van der Waals surface area contributed by atoms with Crippen molar-refractivity contribution in [1.82, 2.24) is 5.32 Å². The third kappa shape index (κ3) is 3.96. The van der Waals surface area contributed by atoms with Crippen LogP contribution in [0.2, 0.25) is 0 Å². The molecule has 1 heterocycles. The average molecular weight is 176 g/mol.